The summed E-state index contributed by atoms with van der Waals surface area (Å²) in [4.78, 5) is 13.8. The molecule has 1 amide bonds. The van der Waals surface area contributed by atoms with E-state index in [0.717, 1.165) is 24.9 Å². The molecule has 16 heavy (non-hydrogen) atoms. The van der Waals surface area contributed by atoms with E-state index < -0.39 is 0 Å². The zero-order valence-electron chi connectivity index (χ0n) is 9.81. The van der Waals surface area contributed by atoms with Gasteiger partial charge in [0.05, 0.1) is 12.2 Å². The number of nitrogens with zero attached hydrogens (tertiary/aromatic N) is 3. The van der Waals surface area contributed by atoms with Crippen molar-refractivity contribution >= 4 is 5.91 Å². The van der Waals surface area contributed by atoms with Crippen LogP contribution in [0.5, 0.6) is 0 Å². The summed E-state index contributed by atoms with van der Waals surface area (Å²) >= 11 is 0. The van der Waals surface area contributed by atoms with E-state index in [9.17, 15) is 4.79 Å². The van der Waals surface area contributed by atoms with Crippen molar-refractivity contribution in [3.05, 3.63) is 18.0 Å². The number of aromatic nitrogens is 2. The Balaban J connectivity index is 1.91. The molecule has 0 saturated carbocycles. The number of amides is 1. The molecule has 0 aromatic carbocycles. The van der Waals surface area contributed by atoms with Gasteiger partial charge in [-0.2, -0.15) is 5.10 Å². The van der Waals surface area contributed by atoms with Crippen molar-refractivity contribution in [1.82, 2.24) is 20.0 Å². The number of nitrogens with one attached hydrogen (secondary N) is 1. The standard InChI is InChI=1S/C11H18N4O/c1-14(7-9-6-13-15(2)8-9)11(16)10-4-3-5-12-10/h6,8,10,12H,3-5,7H2,1-2H3/t10-/m0/s1. The van der Waals surface area contributed by atoms with Gasteiger partial charge >= 0.3 is 0 Å². The number of aryl methyl sites for hydroxylation is 1. The van der Waals surface area contributed by atoms with Crippen LogP contribution in [0.2, 0.25) is 0 Å². The molecular weight excluding hydrogens is 204 g/mol. The van der Waals surface area contributed by atoms with Crippen LogP contribution in [0.15, 0.2) is 12.4 Å². The number of likely N-dealkylation sites (N-methyl/N-ethyl adjacent to an activating group) is 1. The number of carbonyl (C=O) groups is 1. The fourth-order valence-electron chi connectivity index (χ4n) is 2.07. The molecule has 5 heteroatoms. The maximum absolute atomic E-state index is 12.0. The lowest BCUT2D eigenvalue weighted by Crippen LogP contribution is -2.41. The Morgan fingerprint density at radius 2 is 2.56 bits per heavy atom. The van der Waals surface area contributed by atoms with Crippen LogP contribution in [-0.4, -0.2) is 40.2 Å². The highest BCUT2D eigenvalue weighted by Gasteiger charge is 2.24. The molecule has 1 aromatic heterocycles. The van der Waals surface area contributed by atoms with Gasteiger partial charge in [-0.05, 0) is 19.4 Å². The van der Waals surface area contributed by atoms with E-state index in [1.807, 2.05) is 20.3 Å². The molecule has 2 rings (SSSR count). The van der Waals surface area contributed by atoms with Crippen LogP contribution < -0.4 is 5.32 Å². The molecule has 0 spiro atoms. The Morgan fingerprint density at radius 3 is 3.12 bits per heavy atom. The van der Waals surface area contributed by atoms with Gasteiger partial charge in [-0.1, -0.05) is 0 Å². The summed E-state index contributed by atoms with van der Waals surface area (Å²) in [6.07, 6.45) is 5.78. The lowest BCUT2D eigenvalue weighted by atomic mass is 10.2. The molecule has 0 radical (unpaired) electrons. The summed E-state index contributed by atoms with van der Waals surface area (Å²) in [5.74, 6) is 0.182. The van der Waals surface area contributed by atoms with Crippen LogP contribution in [0.1, 0.15) is 18.4 Å². The maximum atomic E-state index is 12.0. The minimum absolute atomic E-state index is 0.0154. The van der Waals surface area contributed by atoms with Crippen LogP contribution >= 0.6 is 0 Å². The third-order valence-electron chi connectivity index (χ3n) is 2.91. The highest BCUT2D eigenvalue weighted by Crippen LogP contribution is 2.09. The molecule has 1 fully saturated rings. The molecule has 88 valence electrons. The molecule has 1 aliphatic rings. The quantitative estimate of drug-likeness (QED) is 0.791. The number of hydrogen-bond donors (Lipinski definition) is 1. The molecule has 2 heterocycles. The van der Waals surface area contributed by atoms with Crippen molar-refractivity contribution in [3.8, 4) is 0 Å². The summed E-state index contributed by atoms with van der Waals surface area (Å²) in [6, 6.07) is 0.0154. The second kappa shape index (κ2) is 4.65. The highest BCUT2D eigenvalue weighted by molar-refractivity contribution is 5.81. The van der Waals surface area contributed by atoms with Gasteiger partial charge < -0.3 is 10.2 Å². The largest absolute Gasteiger partial charge is 0.340 e. The number of carbonyl (C=O) groups excluding carboxylic acids is 1. The van der Waals surface area contributed by atoms with E-state index in [1.165, 1.54) is 0 Å². The SMILES string of the molecule is CN(Cc1cnn(C)c1)C(=O)[C@@H]1CCCN1. The van der Waals surface area contributed by atoms with Gasteiger partial charge in [0.1, 0.15) is 0 Å². The minimum atomic E-state index is 0.0154. The van der Waals surface area contributed by atoms with Gasteiger partial charge in [0.2, 0.25) is 5.91 Å². The zero-order chi connectivity index (χ0) is 11.5. The second-order valence-corrected chi connectivity index (χ2v) is 4.37. The fraction of sp³-hybridized carbons (Fsp3) is 0.636. The number of hydrogen-bond acceptors (Lipinski definition) is 3. The van der Waals surface area contributed by atoms with E-state index >= 15 is 0 Å². The number of rotatable bonds is 3. The summed E-state index contributed by atoms with van der Waals surface area (Å²) < 4.78 is 1.75. The summed E-state index contributed by atoms with van der Waals surface area (Å²) in [6.45, 7) is 1.59. The van der Waals surface area contributed by atoms with E-state index in [4.69, 9.17) is 0 Å². The Labute approximate surface area is 95.4 Å². The topological polar surface area (TPSA) is 50.2 Å². The summed E-state index contributed by atoms with van der Waals surface area (Å²) in [7, 11) is 3.72. The summed E-state index contributed by atoms with van der Waals surface area (Å²) in [5, 5.41) is 7.31. The first-order valence-corrected chi connectivity index (χ1v) is 5.62. The van der Waals surface area contributed by atoms with Crippen molar-refractivity contribution in [3.63, 3.8) is 0 Å². The normalized spacial score (nSPS) is 20.0. The molecule has 1 saturated heterocycles. The second-order valence-electron chi connectivity index (χ2n) is 4.37. The minimum Gasteiger partial charge on any atom is -0.340 e. The lowest BCUT2D eigenvalue weighted by Gasteiger charge is -2.20. The van der Waals surface area contributed by atoms with Crippen molar-refractivity contribution < 1.29 is 4.79 Å². The molecule has 5 nitrogen and oxygen atoms in total. The van der Waals surface area contributed by atoms with Crippen LogP contribution in [0, 0.1) is 0 Å². The van der Waals surface area contributed by atoms with E-state index in [2.05, 4.69) is 10.4 Å². The smallest absolute Gasteiger partial charge is 0.239 e. The van der Waals surface area contributed by atoms with Crippen molar-refractivity contribution in [2.24, 2.45) is 7.05 Å². The van der Waals surface area contributed by atoms with Crippen LogP contribution in [0.4, 0.5) is 0 Å². The van der Waals surface area contributed by atoms with Crippen molar-refractivity contribution in [2.75, 3.05) is 13.6 Å². The molecule has 1 N–H and O–H groups in total. The van der Waals surface area contributed by atoms with Crippen molar-refractivity contribution in [1.29, 1.82) is 0 Å². The van der Waals surface area contributed by atoms with Gasteiger partial charge in [-0.25, -0.2) is 0 Å². The highest BCUT2D eigenvalue weighted by atomic mass is 16.2. The van der Waals surface area contributed by atoms with Crippen LogP contribution in [0.3, 0.4) is 0 Å². The van der Waals surface area contributed by atoms with Crippen LogP contribution in [-0.2, 0) is 18.4 Å². The Kier molecular flexibility index (Phi) is 3.24. The Morgan fingerprint density at radius 1 is 1.75 bits per heavy atom. The average Bonchev–Trinajstić information content (AvgIpc) is 2.88. The van der Waals surface area contributed by atoms with E-state index in [0.29, 0.717) is 6.54 Å². The molecule has 1 aromatic rings. The molecule has 1 atom stereocenters. The molecule has 0 unspecified atom stereocenters. The van der Waals surface area contributed by atoms with E-state index in [1.54, 1.807) is 15.8 Å². The average molecular weight is 222 g/mol. The molecule has 0 aliphatic carbocycles. The maximum Gasteiger partial charge on any atom is 0.239 e. The van der Waals surface area contributed by atoms with E-state index in [-0.39, 0.29) is 11.9 Å². The third-order valence-corrected chi connectivity index (χ3v) is 2.91. The predicted molar refractivity (Wildman–Crippen MR) is 60.7 cm³/mol. The third kappa shape index (κ3) is 2.41. The van der Waals surface area contributed by atoms with Gasteiger partial charge in [-0.3, -0.25) is 9.48 Å². The molecular formula is C11H18N4O. The zero-order valence-corrected chi connectivity index (χ0v) is 9.81. The van der Waals surface area contributed by atoms with Gasteiger partial charge in [0, 0.05) is 32.4 Å². The fourth-order valence-corrected chi connectivity index (χ4v) is 2.07. The molecule has 0 bridgehead atoms. The Hall–Kier alpha value is -1.36. The molecule has 1 aliphatic heterocycles. The lowest BCUT2D eigenvalue weighted by molar-refractivity contribution is -0.132. The van der Waals surface area contributed by atoms with Gasteiger partial charge in [0.25, 0.3) is 0 Å². The van der Waals surface area contributed by atoms with Crippen LogP contribution in [0.25, 0.3) is 0 Å². The first kappa shape index (κ1) is 11.1. The first-order valence-electron chi connectivity index (χ1n) is 5.62. The summed E-state index contributed by atoms with van der Waals surface area (Å²) in [5.41, 5.74) is 1.07. The van der Waals surface area contributed by atoms with Gasteiger partial charge in [0.15, 0.2) is 0 Å². The monoisotopic (exact) mass is 222 g/mol. The predicted octanol–water partition coefficient (Wildman–Crippen LogP) is 0.130. The Bertz CT molecular complexity index is 368. The van der Waals surface area contributed by atoms with Gasteiger partial charge in [-0.15, -0.1) is 0 Å². The first-order chi connectivity index (χ1) is 7.66. The van der Waals surface area contributed by atoms with Crippen molar-refractivity contribution in [2.45, 2.75) is 25.4 Å².